The quantitative estimate of drug-likeness (QED) is 0.866. The van der Waals surface area contributed by atoms with Crippen LogP contribution in [-0.4, -0.2) is 22.5 Å². The molecule has 1 saturated carbocycles. The molecule has 0 saturated heterocycles. The molecule has 4 heteroatoms. The molecular formula is C16H21NO3. The van der Waals surface area contributed by atoms with Crippen molar-refractivity contribution in [2.45, 2.75) is 45.6 Å². The van der Waals surface area contributed by atoms with Crippen LogP contribution in [0, 0.1) is 19.8 Å². The number of nitrogens with one attached hydrogen (secondary N) is 1. The number of aryl methyl sites for hydroxylation is 2. The first-order valence-corrected chi connectivity index (χ1v) is 6.93. The van der Waals surface area contributed by atoms with Crippen LogP contribution in [0.25, 0.3) is 0 Å². The molecule has 20 heavy (non-hydrogen) atoms. The van der Waals surface area contributed by atoms with Crippen LogP contribution >= 0.6 is 0 Å². The molecule has 1 aliphatic rings. The van der Waals surface area contributed by atoms with Gasteiger partial charge in [0, 0.05) is 0 Å². The SMILES string of the molecule is Cc1ccc(C)c(CC(=O)N[C@@](C)(C(=O)O)C2CC2)c1. The number of amides is 1. The zero-order valence-corrected chi connectivity index (χ0v) is 12.2. The van der Waals surface area contributed by atoms with Crippen LogP contribution in [-0.2, 0) is 16.0 Å². The Balaban J connectivity index is 2.08. The van der Waals surface area contributed by atoms with Gasteiger partial charge in [-0.15, -0.1) is 0 Å². The number of aliphatic carboxylic acids is 1. The van der Waals surface area contributed by atoms with Gasteiger partial charge in [-0.05, 0) is 50.7 Å². The lowest BCUT2D eigenvalue weighted by atomic mass is 9.95. The highest BCUT2D eigenvalue weighted by atomic mass is 16.4. The summed E-state index contributed by atoms with van der Waals surface area (Å²) in [6, 6.07) is 5.96. The molecule has 0 unspecified atom stereocenters. The second kappa shape index (κ2) is 5.27. The summed E-state index contributed by atoms with van der Waals surface area (Å²) in [5, 5.41) is 12.1. The van der Waals surface area contributed by atoms with E-state index in [4.69, 9.17) is 0 Å². The highest BCUT2D eigenvalue weighted by molar-refractivity contribution is 5.88. The normalized spacial score (nSPS) is 17.4. The van der Waals surface area contributed by atoms with Crippen LogP contribution in [0.4, 0.5) is 0 Å². The van der Waals surface area contributed by atoms with Gasteiger partial charge in [-0.3, -0.25) is 4.79 Å². The molecule has 0 radical (unpaired) electrons. The average molecular weight is 275 g/mol. The number of rotatable bonds is 5. The van der Waals surface area contributed by atoms with E-state index in [2.05, 4.69) is 5.32 Å². The fourth-order valence-corrected chi connectivity index (χ4v) is 2.49. The standard InChI is InChI=1S/C16H21NO3/c1-10-4-5-11(2)12(8-10)9-14(18)17-16(3,15(19)20)13-6-7-13/h4-5,8,13H,6-7,9H2,1-3H3,(H,17,18)(H,19,20)/t16-/m1/s1. The summed E-state index contributed by atoms with van der Waals surface area (Å²) in [4.78, 5) is 23.6. The molecule has 2 rings (SSSR count). The van der Waals surface area contributed by atoms with Gasteiger partial charge in [0.05, 0.1) is 6.42 Å². The minimum absolute atomic E-state index is 0.0579. The van der Waals surface area contributed by atoms with E-state index in [1.165, 1.54) is 0 Å². The minimum Gasteiger partial charge on any atom is -0.480 e. The highest BCUT2D eigenvalue weighted by Crippen LogP contribution is 2.39. The third kappa shape index (κ3) is 3.00. The Morgan fingerprint density at radius 1 is 1.35 bits per heavy atom. The number of carboxylic acid groups (broad SMARTS) is 1. The van der Waals surface area contributed by atoms with Gasteiger partial charge in [0.15, 0.2) is 0 Å². The van der Waals surface area contributed by atoms with Gasteiger partial charge in [0.2, 0.25) is 5.91 Å². The molecule has 1 aromatic rings. The fourth-order valence-electron chi connectivity index (χ4n) is 2.49. The molecule has 0 bridgehead atoms. The Morgan fingerprint density at radius 2 is 2.00 bits per heavy atom. The molecule has 4 nitrogen and oxygen atoms in total. The Morgan fingerprint density at radius 3 is 2.55 bits per heavy atom. The summed E-state index contributed by atoms with van der Waals surface area (Å²) in [5.74, 6) is -1.12. The molecule has 1 atom stereocenters. The maximum Gasteiger partial charge on any atom is 0.329 e. The van der Waals surface area contributed by atoms with Crippen LogP contribution in [0.5, 0.6) is 0 Å². The monoisotopic (exact) mass is 275 g/mol. The van der Waals surface area contributed by atoms with Gasteiger partial charge in [0.1, 0.15) is 5.54 Å². The molecule has 1 fully saturated rings. The molecular weight excluding hydrogens is 254 g/mol. The van der Waals surface area contributed by atoms with Crippen molar-refractivity contribution in [3.8, 4) is 0 Å². The Kier molecular flexibility index (Phi) is 3.84. The van der Waals surface area contributed by atoms with Crippen LogP contribution in [0.2, 0.25) is 0 Å². The van der Waals surface area contributed by atoms with Crippen molar-refractivity contribution in [2.24, 2.45) is 5.92 Å². The third-order valence-electron chi connectivity index (χ3n) is 4.09. The van der Waals surface area contributed by atoms with Crippen LogP contribution in [0.3, 0.4) is 0 Å². The molecule has 1 amide bonds. The molecule has 108 valence electrons. The molecule has 1 aliphatic carbocycles. The van der Waals surface area contributed by atoms with Crippen molar-refractivity contribution in [3.05, 3.63) is 34.9 Å². The van der Waals surface area contributed by atoms with E-state index in [9.17, 15) is 14.7 Å². The number of carbonyl (C=O) groups excluding carboxylic acids is 1. The highest BCUT2D eigenvalue weighted by Gasteiger charge is 2.48. The summed E-state index contributed by atoms with van der Waals surface area (Å²) >= 11 is 0. The van der Waals surface area contributed by atoms with Crippen molar-refractivity contribution in [1.29, 1.82) is 0 Å². The van der Waals surface area contributed by atoms with Gasteiger partial charge in [-0.2, -0.15) is 0 Å². The second-order valence-corrected chi connectivity index (χ2v) is 5.94. The smallest absolute Gasteiger partial charge is 0.329 e. The largest absolute Gasteiger partial charge is 0.480 e. The van der Waals surface area contributed by atoms with E-state index in [0.717, 1.165) is 29.5 Å². The summed E-state index contributed by atoms with van der Waals surface area (Å²) < 4.78 is 0. The predicted octanol–water partition coefficient (Wildman–Crippen LogP) is 2.22. The number of benzene rings is 1. The molecule has 0 heterocycles. The third-order valence-corrected chi connectivity index (χ3v) is 4.09. The number of carbonyl (C=O) groups is 2. The molecule has 1 aromatic carbocycles. The van der Waals surface area contributed by atoms with Crippen LogP contribution in [0.1, 0.15) is 36.5 Å². The first kappa shape index (κ1) is 14.6. The second-order valence-electron chi connectivity index (χ2n) is 5.94. The van der Waals surface area contributed by atoms with Gasteiger partial charge in [-0.25, -0.2) is 4.79 Å². The van der Waals surface area contributed by atoms with Gasteiger partial charge < -0.3 is 10.4 Å². The van der Waals surface area contributed by atoms with Crippen molar-refractivity contribution in [3.63, 3.8) is 0 Å². The summed E-state index contributed by atoms with van der Waals surface area (Å²) in [6.07, 6.45) is 1.96. The molecule has 0 spiro atoms. The van der Waals surface area contributed by atoms with Crippen LogP contribution < -0.4 is 5.32 Å². The van der Waals surface area contributed by atoms with Crippen molar-refractivity contribution < 1.29 is 14.7 Å². The lowest BCUT2D eigenvalue weighted by Crippen LogP contribution is -2.54. The summed E-state index contributed by atoms with van der Waals surface area (Å²) in [7, 11) is 0. The minimum atomic E-state index is -1.13. The lowest BCUT2D eigenvalue weighted by molar-refractivity contribution is -0.147. The average Bonchev–Trinajstić information content (AvgIpc) is 3.17. The predicted molar refractivity (Wildman–Crippen MR) is 76.5 cm³/mol. The number of hydrogen-bond acceptors (Lipinski definition) is 2. The summed E-state index contributed by atoms with van der Waals surface area (Å²) in [6.45, 7) is 5.54. The van der Waals surface area contributed by atoms with Crippen molar-refractivity contribution in [2.75, 3.05) is 0 Å². The van der Waals surface area contributed by atoms with E-state index in [1.807, 2.05) is 32.0 Å². The Hall–Kier alpha value is -1.84. The zero-order chi connectivity index (χ0) is 14.9. The number of hydrogen-bond donors (Lipinski definition) is 2. The van der Waals surface area contributed by atoms with E-state index in [0.29, 0.717) is 0 Å². The van der Waals surface area contributed by atoms with E-state index >= 15 is 0 Å². The maximum atomic E-state index is 12.2. The lowest BCUT2D eigenvalue weighted by Gasteiger charge is -2.26. The first-order valence-electron chi connectivity index (χ1n) is 6.93. The number of carboxylic acids is 1. The first-order chi connectivity index (χ1) is 9.33. The van der Waals surface area contributed by atoms with Gasteiger partial charge >= 0.3 is 5.97 Å². The van der Waals surface area contributed by atoms with Gasteiger partial charge in [0.25, 0.3) is 0 Å². The Labute approximate surface area is 119 Å². The summed E-state index contributed by atoms with van der Waals surface area (Å²) in [5.41, 5.74) is 1.97. The molecule has 0 aliphatic heterocycles. The Bertz CT molecular complexity index is 549. The maximum absolute atomic E-state index is 12.2. The van der Waals surface area contributed by atoms with E-state index in [1.54, 1.807) is 6.92 Å². The van der Waals surface area contributed by atoms with Gasteiger partial charge in [-0.1, -0.05) is 23.8 Å². The van der Waals surface area contributed by atoms with Crippen LogP contribution in [0.15, 0.2) is 18.2 Å². The van der Waals surface area contributed by atoms with Crippen molar-refractivity contribution in [1.82, 2.24) is 5.32 Å². The zero-order valence-electron chi connectivity index (χ0n) is 12.2. The van der Waals surface area contributed by atoms with Crippen molar-refractivity contribution >= 4 is 11.9 Å². The fraction of sp³-hybridized carbons (Fsp3) is 0.500. The molecule has 0 aromatic heterocycles. The van der Waals surface area contributed by atoms with E-state index < -0.39 is 11.5 Å². The van der Waals surface area contributed by atoms with E-state index in [-0.39, 0.29) is 18.2 Å². The topological polar surface area (TPSA) is 66.4 Å². The molecule has 2 N–H and O–H groups in total.